The normalized spacial score (nSPS) is 10.9. The van der Waals surface area contributed by atoms with Crippen molar-refractivity contribution < 1.29 is 0 Å². The minimum absolute atomic E-state index is 0.926. The maximum absolute atomic E-state index is 6.01. The van der Waals surface area contributed by atoms with Gasteiger partial charge in [0.15, 0.2) is 0 Å². The van der Waals surface area contributed by atoms with E-state index in [4.69, 9.17) is 5.73 Å². The number of nitrogen functional groups attached to an aromatic ring is 1. The van der Waals surface area contributed by atoms with Crippen LogP contribution in [-0.2, 0) is 6.42 Å². The van der Waals surface area contributed by atoms with Crippen LogP contribution in [0.5, 0.6) is 0 Å². The smallest absolute Gasteiger partial charge is 0.0357 e. The predicted octanol–water partition coefficient (Wildman–Crippen LogP) is 6.49. The van der Waals surface area contributed by atoms with E-state index in [0.717, 1.165) is 16.6 Å². The SMILES string of the molecule is CCCCCCCCCCCCc1c(N)cccc1Br. The van der Waals surface area contributed by atoms with E-state index >= 15 is 0 Å². The van der Waals surface area contributed by atoms with Gasteiger partial charge in [-0.05, 0) is 30.5 Å². The fourth-order valence-corrected chi connectivity index (χ4v) is 3.21. The molecule has 0 saturated heterocycles. The van der Waals surface area contributed by atoms with E-state index in [1.807, 2.05) is 12.1 Å². The van der Waals surface area contributed by atoms with Gasteiger partial charge in [0.25, 0.3) is 0 Å². The lowest BCUT2D eigenvalue weighted by Gasteiger charge is -2.08. The topological polar surface area (TPSA) is 26.0 Å². The maximum Gasteiger partial charge on any atom is 0.0357 e. The zero-order chi connectivity index (χ0) is 14.6. The van der Waals surface area contributed by atoms with Crippen LogP contribution in [0.1, 0.15) is 76.7 Å². The summed E-state index contributed by atoms with van der Waals surface area (Å²) in [6.07, 6.45) is 14.9. The van der Waals surface area contributed by atoms with Crippen LogP contribution in [0.2, 0.25) is 0 Å². The summed E-state index contributed by atoms with van der Waals surface area (Å²) < 4.78 is 1.16. The molecule has 1 aromatic carbocycles. The number of halogens is 1. The molecule has 0 aliphatic carbocycles. The second kappa shape index (κ2) is 11.2. The van der Waals surface area contributed by atoms with Crippen molar-refractivity contribution in [2.75, 3.05) is 5.73 Å². The number of benzene rings is 1. The molecular weight excluding hydrogens is 310 g/mol. The van der Waals surface area contributed by atoms with Crippen LogP contribution in [0.4, 0.5) is 5.69 Å². The predicted molar refractivity (Wildman–Crippen MR) is 94.1 cm³/mol. The van der Waals surface area contributed by atoms with Gasteiger partial charge >= 0.3 is 0 Å². The molecule has 0 unspecified atom stereocenters. The molecule has 0 amide bonds. The molecule has 0 spiro atoms. The summed E-state index contributed by atoms with van der Waals surface area (Å²) in [6.45, 7) is 2.28. The van der Waals surface area contributed by atoms with Crippen molar-refractivity contribution in [1.82, 2.24) is 0 Å². The highest BCUT2D eigenvalue weighted by molar-refractivity contribution is 9.10. The van der Waals surface area contributed by atoms with Gasteiger partial charge in [0, 0.05) is 10.2 Å². The Morgan fingerprint density at radius 1 is 0.850 bits per heavy atom. The fraction of sp³-hybridized carbons (Fsp3) is 0.667. The number of rotatable bonds is 11. The van der Waals surface area contributed by atoms with Crippen molar-refractivity contribution in [3.05, 3.63) is 28.2 Å². The molecule has 114 valence electrons. The van der Waals surface area contributed by atoms with Gasteiger partial charge in [-0.25, -0.2) is 0 Å². The average molecular weight is 340 g/mol. The van der Waals surface area contributed by atoms with Gasteiger partial charge in [0.1, 0.15) is 0 Å². The van der Waals surface area contributed by atoms with E-state index in [9.17, 15) is 0 Å². The van der Waals surface area contributed by atoms with Crippen LogP contribution in [-0.4, -0.2) is 0 Å². The number of hydrogen-bond acceptors (Lipinski definition) is 1. The Balaban J connectivity index is 2.00. The molecule has 1 nitrogen and oxygen atoms in total. The number of nitrogens with two attached hydrogens (primary N) is 1. The highest BCUT2D eigenvalue weighted by Crippen LogP contribution is 2.24. The monoisotopic (exact) mass is 339 g/mol. The maximum atomic E-state index is 6.01. The van der Waals surface area contributed by atoms with E-state index in [1.165, 1.54) is 69.8 Å². The van der Waals surface area contributed by atoms with Crippen molar-refractivity contribution in [3.63, 3.8) is 0 Å². The fourth-order valence-electron chi connectivity index (χ4n) is 2.63. The zero-order valence-electron chi connectivity index (χ0n) is 13.0. The van der Waals surface area contributed by atoms with Crippen LogP contribution in [0.3, 0.4) is 0 Å². The summed E-state index contributed by atoms with van der Waals surface area (Å²) in [6, 6.07) is 6.08. The Morgan fingerprint density at radius 2 is 1.40 bits per heavy atom. The van der Waals surface area contributed by atoms with Gasteiger partial charge < -0.3 is 5.73 Å². The highest BCUT2D eigenvalue weighted by atomic mass is 79.9. The van der Waals surface area contributed by atoms with Gasteiger partial charge in [0.05, 0.1) is 0 Å². The van der Waals surface area contributed by atoms with Crippen LogP contribution < -0.4 is 5.73 Å². The molecule has 1 aromatic rings. The lowest BCUT2D eigenvalue weighted by molar-refractivity contribution is 0.556. The standard InChI is InChI=1S/C18H30BrN/c1-2-3-4-5-6-7-8-9-10-11-13-16-17(19)14-12-15-18(16)20/h12,14-15H,2-11,13,20H2,1H3. The molecule has 0 aromatic heterocycles. The minimum atomic E-state index is 0.926. The lowest BCUT2D eigenvalue weighted by atomic mass is 10.0. The van der Waals surface area contributed by atoms with Crippen LogP contribution in [0, 0.1) is 0 Å². The largest absolute Gasteiger partial charge is 0.398 e. The van der Waals surface area contributed by atoms with Crippen molar-refractivity contribution >= 4 is 21.6 Å². The summed E-state index contributed by atoms with van der Waals surface area (Å²) in [5.41, 5.74) is 8.22. The van der Waals surface area contributed by atoms with Crippen molar-refractivity contribution in [3.8, 4) is 0 Å². The first-order valence-corrected chi connectivity index (χ1v) is 9.08. The van der Waals surface area contributed by atoms with Crippen molar-refractivity contribution in [1.29, 1.82) is 0 Å². The molecular formula is C18H30BrN. The first-order chi connectivity index (χ1) is 9.75. The highest BCUT2D eigenvalue weighted by Gasteiger charge is 2.03. The van der Waals surface area contributed by atoms with Gasteiger partial charge in [-0.1, -0.05) is 86.7 Å². The van der Waals surface area contributed by atoms with E-state index in [1.54, 1.807) is 0 Å². The molecule has 0 radical (unpaired) electrons. The third kappa shape index (κ3) is 7.33. The zero-order valence-corrected chi connectivity index (χ0v) is 14.6. The molecule has 0 saturated carbocycles. The molecule has 1 rings (SSSR count). The summed E-state index contributed by atoms with van der Waals surface area (Å²) in [5, 5.41) is 0. The summed E-state index contributed by atoms with van der Waals surface area (Å²) in [7, 11) is 0. The number of unbranched alkanes of at least 4 members (excludes halogenated alkanes) is 9. The van der Waals surface area contributed by atoms with Crippen LogP contribution in [0.15, 0.2) is 22.7 Å². The van der Waals surface area contributed by atoms with Gasteiger partial charge in [-0.15, -0.1) is 0 Å². The third-order valence-corrected chi connectivity index (χ3v) is 4.68. The second-order valence-electron chi connectivity index (χ2n) is 5.74. The molecule has 0 aliphatic heterocycles. The third-order valence-electron chi connectivity index (χ3n) is 3.94. The van der Waals surface area contributed by atoms with E-state index in [2.05, 4.69) is 28.9 Å². The van der Waals surface area contributed by atoms with Gasteiger partial charge in [-0.3, -0.25) is 0 Å². The Labute approximate surface area is 133 Å². The quantitative estimate of drug-likeness (QED) is 0.361. The van der Waals surface area contributed by atoms with Crippen molar-refractivity contribution in [2.24, 2.45) is 0 Å². The molecule has 0 fully saturated rings. The molecule has 2 heteroatoms. The Morgan fingerprint density at radius 3 is 1.95 bits per heavy atom. The molecule has 0 atom stereocenters. The van der Waals surface area contributed by atoms with Gasteiger partial charge in [0.2, 0.25) is 0 Å². The molecule has 0 aliphatic rings. The Bertz CT molecular complexity index is 342. The molecule has 20 heavy (non-hydrogen) atoms. The molecule has 2 N–H and O–H groups in total. The first kappa shape index (κ1) is 17.6. The molecule has 0 bridgehead atoms. The second-order valence-corrected chi connectivity index (χ2v) is 6.59. The lowest BCUT2D eigenvalue weighted by Crippen LogP contribution is -1.95. The minimum Gasteiger partial charge on any atom is -0.398 e. The van der Waals surface area contributed by atoms with E-state index in [-0.39, 0.29) is 0 Å². The van der Waals surface area contributed by atoms with Gasteiger partial charge in [-0.2, -0.15) is 0 Å². The van der Waals surface area contributed by atoms with Crippen LogP contribution >= 0.6 is 15.9 Å². The Kier molecular flexibility index (Phi) is 9.82. The number of anilines is 1. The first-order valence-electron chi connectivity index (χ1n) is 8.28. The summed E-state index contributed by atoms with van der Waals surface area (Å²) in [4.78, 5) is 0. The summed E-state index contributed by atoms with van der Waals surface area (Å²) >= 11 is 3.59. The Hall–Kier alpha value is -0.500. The van der Waals surface area contributed by atoms with E-state index in [0.29, 0.717) is 0 Å². The number of hydrogen-bond donors (Lipinski definition) is 1. The molecule has 0 heterocycles. The van der Waals surface area contributed by atoms with Crippen molar-refractivity contribution in [2.45, 2.75) is 77.6 Å². The summed E-state index contributed by atoms with van der Waals surface area (Å²) in [5.74, 6) is 0. The van der Waals surface area contributed by atoms with E-state index < -0.39 is 0 Å². The van der Waals surface area contributed by atoms with Crippen LogP contribution in [0.25, 0.3) is 0 Å². The average Bonchev–Trinajstić information content (AvgIpc) is 2.43.